The first-order chi connectivity index (χ1) is 10.6. The van der Waals surface area contributed by atoms with Gasteiger partial charge >= 0.3 is 0 Å². The Morgan fingerprint density at radius 1 is 1.23 bits per heavy atom. The molecule has 1 aliphatic heterocycles. The third kappa shape index (κ3) is 3.03. The molecular weight excluding hydrogens is 280 g/mol. The van der Waals surface area contributed by atoms with Crippen molar-refractivity contribution in [3.8, 4) is 0 Å². The van der Waals surface area contributed by atoms with Gasteiger partial charge < -0.3 is 10.2 Å². The van der Waals surface area contributed by atoms with Gasteiger partial charge in [-0.25, -0.2) is 0 Å². The summed E-state index contributed by atoms with van der Waals surface area (Å²) in [5.74, 6) is -1.23. The van der Waals surface area contributed by atoms with Gasteiger partial charge in [0.05, 0.1) is 0 Å². The van der Waals surface area contributed by atoms with Crippen LogP contribution < -0.4 is 5.32 Å². The summed E-state index contributed by atoms with van der Waals surface area (Å²) in [5, 5.41) is 2.72. The van der Waals surface area contributed by atoms with E-state index in [9.17, 15) is 14.4 Å². The van der Waals surface area contributed by atoms with Crippen LogP contribution in [0.5, 0.6) is 0 Å². The van der Waals surface area contributed by atoms with Gasteiger partial charge in [0.1, 0.15) is 6.04 Å². The average Bonchev–Trinajstić information content (AvgIpc) is 3.26. The Balaban J connectivity index is 1.75. The lowest BCUT2D eigenvalue weighted by Gasteiger charge is -2.25. The van der Waals surface area contributed by atoms with E-state index in [4.69, 9.17) is 0 Å². The molecule has 0 unspecified atom stereocenters. The van der Waals surface area contributed by atoms with Crippen LogP contribution >= 0.6 is 0 Å². The van der Waals surface area contributed by atoms with Crippen molar-refractivity contribution >= 4 is 17.6 Å². The highest BCUT2D eigenvalue weighted by molar-refractivity contribution is 6.38. The van der Waals surface area contributed by atoms with Gasteiger partial charge in [-0.05, 0) is 24.3 Å². The highest BCUT2D eigenvalue weighted by atomic mass is 16.2. The molecule has 2 amide bonds. The largest absolute Gasteiger partial charge is 0.347 e. The summed E-state index contributed by atoms with van der Waals surface area (Å²) in [7, 11) is 0. The van der Waals surface area contributed by atoms with Gasteiger partial charge in [-0.3, -0.25) is 14.4 Å². The van der Waals surface area contributed by atoms with E-state index >= 15 is 0 Å². The first-order valence-corrected chi connectivity index (χ1v) is 7.74. The number of amides is 2. The molecule has 0 spiro atoms. The van der Waals surface area contributed by atoms with Gasteiger partial charge in [-0.1, -0.05) is 37.3 Å². The molecule has 3 rings (SSSR count). The number of nitrogens with zero attached hydrogens (tertiary/aromatic N) is 1. The molecule has 5 nitrogen and oxygen atoms in total. The van der Waals surface area contributed by atoms with Crippen LogP contribution in [0.15, 0.2) is 30.3 Å². The van der Waals surface area contributed by atoms with Gasteiger partial charge in [0, 0.05) is 19.0 Å². The number of likely N-dealkylation sites (tertiary alicyclic amines) is 1. The normalized spacial score (nSPS) is 24.4. The maximum atomic E-state index is 12.5. The number of ketones is 1. The number of Topliss-reactive ketones (excluding diaryl/α,β-unsaturated/α-hetero) is 1. The molecule has 1 aromatic rings. The Kier molecular flexibility index (Phi) is 3.96. The number of carbonyl (C=O) groups is 3. The molecule has 1 aromatic carbocycles. The second kappa shape index (κ2) is 5.91. The first-order valence-electron chi connectivity index (χ1n) is 7.74. The van der Waals surface area contributed by atoms with Crippen LogP contribution in [0.3, 0.4) is 0 Å². The summed E-state index contributed by atoms with van der Waals surface area (Å²) < 4.78 is 0. The lowest BCUT2D eigenvalue weighted by atomic mass is 9.98. The number of carbonyl (C=O) groups excluding carboxylic acids is 3. The van der Waals surface area contributed by atoms with Crippen LogP contribution in [0.25, 0.3) is 0 Å². The standard InChI is InChI=1S/C17H20N2O3/c1-11-9-14(20)19(10-12-5-3-2-4-6-12)15(11)16(21)17(22)18-13-7-8-13/h2-6,11,13,15H,7-10H2,1H3,(H,18,22)/t11-,15-/m0/s1. The SMILES string of the molecule is C[C@H]1CC(=O)N(Cc2ccccc2)[C@@H]1C(=O)C(=O)NC1CC1. The summed E-state index contributed by atoms with van der Waals surface area (Å²) in [4.78, 5) is 38.2. The fourth-order valence-corrected chi connectivity index (χ4v) is 2.95. The molecule has 1 saturated carbocycles. The predicted octanol–water partition coefficient (Wildman–Crippen LogP) is 1.27. The lowest BCUT2D eigenvalue weighted by Crippen LogP contribution is -2.47. The average molecular weight is 300 g/mol. The van der Waals surface area contributed by atoms with E-state index in [1.165, 1.54) is 0 Å². The van der Waals surface area contributed by atoms with E-state index in [1.807, 2.05) is 37.3 Å². The molecule has 2 fully saturated rings. The molecule has 22 heavy (non-hydrogen) atoms. The zero-order valence-electron chi connectivity index (χ0n) is 12.6. The topological polar surface area (TPSA) is 66.5 Å². The molecule has 2 atom stereocenters. The van der Waals surface area contributed by atoms with E-state index < -0.39 is 17.7 Å². The number of benzene rings is 1. The second-order valence-corrected chi connectivity index (χ2v) is 6.25. The lowest BCUT2D eigenvalue weighted by molar-refractivity contribution is -0.143. The van der Waals surface area contributed by atoms with E-state index in [1.54, 1.807) is 4.90 Å². The molecule has 5 heteroatoms. The van der Waals surface area contributed by atoms with E-state index in [-0.39, 0.29) is 17.9 Å². The predicted molar refractivity (Wildman–Crippen MR) is 80.7 cm³/mol. The van der Waals surface area contributed by atoms with Crippen molar-refractivity contribution in [1.29, 1.82) is 0 Å². The van der Waals surface area contributed by atoms with Crippen molar-refractivity contribution < 1.29 is 14.4 Å². The molecule has 1 saturated heterocycles. The Morgan fingerprint density at radius 3 is 2.55 bits per heavy atom. The number of hydrogen-bond acceptors (Lipinski definition) is 3. The fraction of sp³-hybridized carbons (Fsp3) is 0.471. The van der Waals surface area contributed by atoms with E-state index in [0.29, 0.717) is 13.0 Å². The van der Waals surface area contributed by atoms with Crippen LogP contribution in [-0.2, 0) is 20.9 Å². The number of nitrogens with one attached hydrogen (secondary N) is 1. The zero-order valence-corrected chi connectivity index (χ0v) is 12.6. The maximum Gasteiger partial charge on any atom is 0.289 e. The molecule has 0 radical (unpaired) electrons. The molecule has 0 bridgehead atoms. The van der Waals surface area contributed by atoms with Gasteiger partial charge in [0.15, 0.2) is 0 Å². The third-order valence-corrected chi connectivity index (χ3v) is 4.29. The Morgan fingerprint density at radius 2 is 1.91 bits per heavy atom. The molecule has 1 heterocycles. The zero-order chi connectivity index (χ0) is 15.7. The molecule has 2 aliphatic rings. The van der Waals surface area contributed by atoms with Crippen molar-refractivity contribution in [3.05, 3.63) is 35.9 Å². The van der Waals surface area contributed by atoms with Gasteiger partial charge in [0.25, 0.3) is 5.91 Å². The summed E-state index contributed by atoms with van der Waals surface area (Å²) in [6.07, 6.45) is 2.19. The van der Waals surface area contributed by atoms with Crippen molar-refractivity contribution in [3.63, 3.8) is 0 Å². The molecule has 116 valence electrons. The fourth-order valence-electron chi connectivity index (χ4n) is 2.95. The molecule has 0 aromatic heterocycles. The van der Waals surface area contributed by atoms with Crippen LogP contribution in [0, 0.1) is 5.92 Å². The quantitative estimate of drug-likeness (QED) is 0.833. The Hall–Kier alpha value is -2.17. The highest BCUT2D eigenvalue weighted by Gasteiger charge is 2.44. The first kappa shape index (κ1) is 14.8. The van der Waals surface area contributed by atoms with Crippen molar-refractivity contribution in [1.82, 2.24) is 10.2 Å². The number of hydrogen-bond donors (Lipinski definition) is 1. The number of rotatable bonds is 5. The summed E-state index contributed by atoms with van der Waals surface area (Å²) >= 11 is 0. The minimum atomic E-state index is -0.647. The van der Waals surface area contributed by atoms with Gasteiger partial charge in [-0.15, -0.1) is 0 Å². The second-order valence-electron chi connectivity index (χ2n) is 6.25. The Bertz CT molecular complexity index is 595. The minimum absolute atomic E-state index is 0.0612. The maximum absolute atomic E-state index is 12.5. The van der Waals surface area contributed by atoms with Crippen molar-refractivity contribution in [2.45, 2.75) is 44.8 Å². The summed E-state index contributed by atoms with van der Waals surface area (Å²) in [6.45, 7) is 2.23. The monoisotopic (exact) mass is 300 g/mol. The van der Waals surface area contributed by atoms with Gasteiger partial charge in [0.2, 0.25) is 11.7 Å². The van der Waals surface area contributed by atoms with Gasteiger partial charge in [-0.2, -0.15) is 0 Å². The molecule has 1 aliphatic carbocycles. The van der Waals surface area contributed by atoms with E-state index in [2.05, 4.69) is 5.32 Å². The summed E-state index contributed by atoms with van der Waals surface area (Å²) in [6, 6.07) is 9.04. The highest BCUT2D eigenvalue weighted by Crippen LogP contribution is 2.28. The van der Waals surface area contributed by atoms with Crippen molar-refractivity contribution in [2.75, 3.05) is 0 Å². The van der Waals surface area contributed by atoms with Crippen LogP contribution in [0.4, 0.5) is 0 Å². The summed E-state index contributed by atoms with van der Waals surface area (Å²) in [5.41, 5.74) is 0.963. The Labute approximate surface area is 129 Å². The molecular formula is C17H20N2O3. The third-order valence-electron chi connectivity index (χ3n) is 4.29. The van der Waals surface area contributed by atoms with Crippen LogP contribution in [-0.4, -0.2) is 34.6 Å². The van der Waals surface area contributed by atoms with Crippen molar-refractivity contribution in [2.24, 2.45) is 5.92 Å². The van der Waals surface area contributed by atoms with E-state index in [0.717, 1.165) is 18.4 Å². The van der Waals surface area contributed by atoms with Crippen LogP contribution in [0.1, 0.15) is 31.7 Å². The molecule has 1 N–H and O–H groups in total. The smallest absolute Gasteiger partial charge is 0.289 e. The van der Waals surface area contributed by atoms with Crippen LogP contribution in [0.2, 0.25) is 0 Å². The minimum Gasteiger partial charge on any atom is -0.347 e.